The van der Waals surface area contributed by atoms with E-state index in [1.807, 2.05) is 6.92 Å². The Kier molecular flexibility index (Phi) is 4.46. The van der Waals surface area contributed by atoms with Gasteiger partial charge in [-0.3, -0.25) is 4.79 Å². The minimum Gasteiger partial charge on any atom is -0.481 e. The summed E-state index contributed by atoms with van der Waals surface area (Å²) >= 11 is 0. The standard InChI is InChI=1S/C16H15NO3/c1-3-10-19-14-7-5-6-12(11-14)17-16(18)15-9-8-13(4-2)20-15/h1,5-9,11H,4,10H2,2H3,(H,17,18). The Balaban J connectivity index is 2.05. The monoisotopic (exact) mass is 269 g/mol. The van der Waals surface area contributed by atoms with Gasteiger partial charge in [0.1, 0.15) is 18.1 Å². The van der Waals surface area contributed by atoms with Crippen LogP contribution < -0.4 is 10.1 Å². The highest BCUT2D eigenvalue weighted by atomic mass is 16.5. The van der Waals surface area contributed by atoms with Gasteiger partial charge in [0.05, 0.1) is 0 Å². The largest absolute Gasteiger partial charge is 0.481 e. The van der Waals surface area contributed by atoms with Gasteiger partial charge in [-0.15, -0.1) is 6.42 Å². The van der Waals surface area contributed by atoms with Gasteiger partial charge in [0.25, 0.3) is 5.91 Å². The molecule has 4 heteroatoms. The lowest BCUT2D eigenvalue weighted by Crippen LogP contribution is -2.10. The minimum atomic E-state index is -0.293. The summed E-state index contributed by atoms with van der Waals surface area (Å²) in [6.45, 7) is 2.16. The average molecular weight is 269 g/mol. The Bertz CT molecular complexity index is 637. The number of hydrogen-bond acceptors (Lipinski definition) is 3. The fraction of sp³-hybridized carbons (Fsp3) is 0.188. The van der Waals surface area contributed by atoms with Crippen molar-refractivity contribution in [3.63, 3.8) is 0 Å². The molecule has 0 saturated heterocycles. The van der Waals surface area contributed by atoms with Gasteiger partial charge in [-0.1, -0.05) is 18.9 Å². The molecule has 1 amide bonds. The van der Waals surface area contributed by atoms with E-state index >= 15 is 0 Å². The van der Waals surface area contributed by atoms with Crippen molar-refractivity contribution < 1.29 is 13.9 Å². The van der Waals surface area contributed by atoms with Crippen LogP contribution in [0.15, 0.2) is 40.8 Å². The summed E-state index contributed by atoms with van der Waals surface area (Å²) in [5, 5.41) is 2.75. The predicted octanol–water partition coefficient (Wildman–Crippen LogP) is 3.11. The number of benzene rings is 1. The Morgan fingerprint density at radius 1 is 1.40 bits per heavy atom. The van der Waals surface area contributed by atoms with Crippen molar-refractivity contribution >= 4 is 11.6 Å². The topological polar surface area (TPSA) is 51.5 Å². The molecule has 0 saturated carbocycles. The normalized spacial score (nSPS) is 9.80. The van der Waals surface area contributed by atoms with E-state index in [0.717, 1.165) is 12.2 Å². The number of aryl methyl sites for hydroxylation is 1. The molecule has 102 valence electrons. The molecule has 0 radical (unpaired) electrons. The van der Waals surface area contributed by atoms with Crippen LogP contribution in [0.4, 0.5) is 5.69 Å². The molecule has 1 aromatic carbocycles. The summed E-state index contributed by atoms with van der Waals surface area (Å²) in [7, 11) is 0. The van der Waals surface area contributed by atoms with Gasteiger partial charge in [0.2, 0.25) is 0 Å². The predicted molar refractivity (Wildman–Crippen MR) is 76.8 cm³/mol. The molecule has 20 heavy (non-hydrogen) atoms. The summed E-state index contributed by atoms with van der Waals surface area (Å²) in [6.07, 6.45) is 5.88. The SMILES string of the molecule is C#CCOc1cccc(NC(=O)c2ccc(CC)o2)c1. The molecular formula is C16H15NO3. The third-order valence-corrected chi connectivity index (χ3v) is 2.65. The molecule has 0 atom stereocenters. The van der Waals surface area contributed by atoms with Crippen molar-refractivity contribution in [3.05, 3.63) is 47.9 Å². The minimum absolute atomic E-state index is 0.190. The molecule has 0 aliphatic carbocycles. The fourth-order valence-corrected chi connectivity index (χ4v) is 1.67. The summed E-state index contributed by atoms with van der Waals surface area (Å²) in [5.74, 6) is 3.77. The lowest BCUT2D eigenvalue weighted by molar-refractivity contribution is 0.0995. The molecule has 0 aliphatic rings. The second-order valence-corrected chi connectivity index (χ2v) is 4.09. The maximum atomic E-state index is 12.0. The number of carbonyl (C=O) groups excluding carboxylic acids is 1. The lowest BCUT2D eigenvalue weighted by Gasteiger charge is -2.06. The van der Waals surface area contributed by atoms with Gasteiger partial charge in [0, 0.05) is 18.2 Å². The Morgan fingerprint density at radius 3 is 2.95 bits per heavy atom. The van der Waals surface area contributed by atoms with Gasteiger partial charge in [-0.2, -0.15) is 0 Å². The number of ether oxygens (including phenoxy) is 1. The smallest absolute Gasteiger partial charge is 0.291 e. The van der Waals surface area contributed by atoms with Crippen LogP contribution in [-0.4, -0.2) is 12.5 Å². The van der Waals surface area contributed by atoms with Gasteiger partial charge in [0.15, 0.2) is 5.76 Å². The van der Waals surface area contributed by atoms with E-state index in [-0.39, 0.29) is 18.3 Å². The van der Waals surface area contributed by atoms with Crippen LogP contribution in [0.5, 0.6) is 5.75 Å². The third kappa shape index (κ3) is 3.42. The van der Waals surface area contributed by atoms with E-state index in [1.54, 1.807) is 36.4 Å². The quantitative estimate of drug-likeness (QED) is 0.848. The van der Waals surface area contributed by atoms with Crippen molar-refractivity contribution in [2.45, 2.75) is 13.3 Å². The summed E-state index contributed by atoms with van der Waals surface area (Å²) in [5.41, 5.74) is 0.624. The average Bonchev–Trinajstić information content (AvgIpc) is 2.94. The van der Waals surface area contributed by atoms with E-state index in [2.05, 4.69) is 11.2 Å². The van der Waals surface area contributed by atoms with Crippen molar-refractivity contribution in [3.8, 4) is 18.1 Å². The number of anilines is 1. The molecule has 1 heterocycles. The van der Waals surface area contributed by atoms with Crippen LogP contribution in [0.25, 0.3) is 0 Å². The van der Waals surface area contributed by atoms with Crippen LogP contribution in [0, 0.1) is 12.3 Å². The number of amides is 1. The summed E-state index contributed by atoms with van der Waals surface area (Å²) in [6, 6.07) is 10.5. The number of furan rings is 1. The van der Waals surface area contributed by atoms with Gasteiger partial charge in [-0.05, 0) is 24.3 Å². The molecule has 1 N–H and O–H groups in total. The highest BCUT2D eigenvalue weighted by Crippen LogP contribution is 2.18. The van der Waals surface area contributed by atoms with Gasteiger partial charge >= 0.3 is 0 Å². The molecule has 4 nitrogen and oxygen atoms in total. The van der Waals surface area contributed by atoms with Crippen LogP contribution in [-0.2, 0) is 6.42 Å². The third-order valence-electron chi connectivity index (χ3n) is 2.65. The van der Waals surface area contributed by atoms with E-state index in [0.29, 0.717) is 11.4 Å². The van der Waals surface area contributed by atoms with Crippen LogP contribution >= 0.6 is 0 Å². The van der Waals surface area contributed by atoms with Gasteiger partial charge in [-0.25, -0.2) is 0 Å². The first kappa shape index (κ1) is 13.8. The van der Waals surface area contributed by atoms with E-state index in [1.165, 1.54) is 0 Å². The second kappa shape index (κ2) is 6.48. The Morgan fingerprint density at radius 2 is 2.25 bits per heavy atom. The van der Waals surface area contributed by atoms with E-state index in [9.17, 15) is 4.79 Å². The van der Waals surface area contributed by atoms with Crippen LogP contribution in [0.1, 0.15) is 23.2 Å². The molecule has 0 aliphatic heterocycles. The number of hydrogen-bond donors (Lipinski definition) is 1. The Hall–Kier alpha value is -2.67. The van der Waals surface area contributed by atoms with Crippen molar-refractivity contribution in [2.75, 3.05) is 11.9 Å². The Labute approximate surface area is 117 Å². The van der Waals surface area contributed by atoms with Crippen molar-refractivity contribution in [1.29, 1.82) is 0 Å². The first-order valence-electron chi connectivity index (χ1n) is 6.29. The molecule has 0 spiro atoms. The molecule has 2 rings (SSSR count). The van der Waals surface area contributed by atoms with E-state index in [4.69, 9.17) is 15.6 Å². The molecule has 0 bridgehead atoms. The molecule has 1 aromatic heterocycles. The maximum Gasteiger partial charge on any atom is 0.291 e. The molecule has 2 aromatic rings. The highest BCUT2D eigenvalue weighted by molar-refractivity contribution is 6.02. The first-order chi connectivity index (χ1) is 9.72. The van der Waals surface area contributed by atoms with E-state index < -0.39 is 0 Å². The number of nitrogens with one attached hydrogen (secondary N) is 1. The van der Waals surface area contributed by atoms with Crippen molar-refractivity contribution in [2.24, 2.45) is 0 Å². The second-order valence-electron chi connectivity index (χ2n) is 4.09. The van der Waals surface area contributed by atoms with Crippen LogP contribution in [0.3, 0.4) is 0 Å². The molecule has 0 fully saturated rings. The molecular weight excluding hydrogens is 254 g/mol. The summed E-state index contributed by atoms with van der Waals surface area (Å²) < 4.78 is 10.7. The van der Waals surface area contributed by atoms with Crippen LogP contribution in [0.2, 0.25) is 0 Å². The lowest BCUT2D eigenvalue weighted by atomic mass is 10.3. The maximum absolute atomic E-state index is 12.0. The zero-order valence-electron chi connectivity index (χ0n) is 11.2. The summed E-state index contributed by atoms with van der Waals surface area (Å²) in [4.78, 5) is 12.0. The van der Waals surface area contributed by atoms with Crippen molar-refractivity contribution in [1.82, 2.24) is 0 Å². The fourth-order valence-electron chi connectivity index (χ4n) is 1.67. The first-order valence-corrected chi connectivity index (χ1v) is 6.29. The number of carbonyl (C=O) groups is 1. The molecule has 0 unspecified atom stereocenters. The number of terminal acetylenes is 1. The van der Waals surface area contributed by atoms with Gasteiger partial charge < -0.3 is 14.5 Å². The zero-order valence-corrected chi connectivity index (χ0v) is 11.2. The zero-order chi connectivity index (χ0) is 14.4. The highest BCUT2D eigenvalue weighted by Gasteiger charge is 2.11. The number of rotatable bonds is 5.